The molecule has 0 unspecified atom stereocenters. The molecule has 6 heteroatoms. The zero-order chi connectivity index (χ0) is 15.0. The Hall–Kier alpha value is -1.85. The maximum Gasteiger partial charge on any atom is 0.295 e. The van der Waals surface area contributed by atoms with Gasteiger partial charge in [0.1, 0.15) is 0 Å². The Kier molecular flexibility index (Phi) is 3.69. The van der Waals surface area contributed by atoms with E-state index in [0.29, 0.717) is 36.9 Å². The monoisotopic (exact) mass is 306 g/mol. The van der Waals surface area contributed by atoms with Crippen LogP contribution in [0.2, 0.25) is 5.02 Å². The number of carbonyl (C=O) groups is 2. The second kappa shape index (κ2) is 5.50. The first kappa shape index (κ1) is 14.1. The van der Waals surface area contributed by atoms with Crippen LogP contribution in [-0.4, -0.2) is 47.5 Å². The van der Waals surface area contributed by atoms with E-state index in [4.69, 9.17) is 16.3 Å². The van der Waals surface area contributed by atoms with Gasteiger partial charge in [0.05, 0.1) is 18.8 Å². The third kappa shape index (κ3) is 2.54. The van der Waals surface area contributed by atoms with Gasteiger partial charge in [-0.2, -0.15) is 0 Å². The first-order chi connectivity index (χ1) is 10.1. The van der Waals surface area contributed by atoms with Gasteiger partial charge in [-0.3, -0.25) is 9.59 Å². The van der Waals surface area contributed by atoms with Gasteiger partial charge in [-0.15, -0.1) is 0 Å². The average Bonchev–Trinajstić information content (AvgIpc) is 2.83. The highest BCUT2D eigenvalue weighted by molar-refractivity contribution is 6.45. The Morgan fingerprint density at radius 1 is 1.24 bits per heavy atom. The number of benzene rings is 1. The lowest BCUT2D eigenvalue weighted by Crippen LogP contribution is -2.44. The number of hydrogen-bond donors (Lipinski definition) is 0. The molecule has 0 N–H and O–H groups in total. The molecule has 1 amide bonds. The van der Waals surface area contributed by atoms with E-state index in [0.717, 1.165) is 10.9 Å². The number of aromatic nitrogens is 1. The molecule has 1 aromatic carbocycles. The van der Waals surface area contributed by atoms with E-state index in [1.807, 2.05) is 7.05 Å². The number of ether oxygens (including phenoxy) is 1. The van der Waals surface area contributed by atoms with Gasteiger partial charge in [-0.25, -0.2) is 0 Å². The fourth-order valence-electron chi connectivity index (χ4n) is 2.56. The van der Waals surface area contributed by atoms with Crippen molar-refractivity contribution in [2.24, 2.45) is 7.05 Å². The lowest BCUT2D eigenvalue weighted by molar-refractivity contribution is -0.130. The Labute approximate surface area is 127 Å². The molecule has 0 spiro atoms. The molecule has 0 radical (unpaired) electrons. The summed E-state index contributed by atoms with van der Waals surface area (Å²) in [6, 6.07) is 5.28. The van der Waals surface area contributed by atoms with Crippen LogP contribution in [0.5, 0.6) is 0 Å². The quantitative estimate of drug-likeness (QED) is 0.629. The number of hydrogen-bond acceptors (Lipinski definition) is 3. The molecule has 3 rings (SSSR count). The van der Waals surface area contributed by atoms with Crippen molar-refractivity contribution in [3.63, 3.8) is 0 Å². The summed E-state index contributed by atoms with van der Waals surface area (Å²) >= 11 is 5.98. The Balaban J connectivity index is 1.96. The number of amides is 1. The summed E-state index contributed by atoms with van der Waals surface area (Å²) in [5.74, 6) is -0.953. The second-order valence-corrected chi connectivity index (χ2v) is 5.49. The molecule has 0 saturated carbocycles. The number of carbonyl (C=O) groups excluding carboxylic acids is 2. The molecule has 1 fully saturated rings. The molecule has 5 nitrogen and oxygen atoms in total. The van der Waals surface area contributed by atoms with Crippen molar-refractivity contribution in [1.29, 1.82) is 0 Å². The van der Waals surface area contributed by atoms with E-state index >= 15 is 0 Å². The van der Waals surface area contributed by atoms with Gasteiger partial charge in [0, 0.05) is 42.3 Å². The Morgan fingerprint density at radius 3 is 2.67 bits per heavy atom. The average molecular weight is 307 g/mol. The van der Waals surface area contributed by atoms with Crippen molar-refractivity contribution in [3.8, 4) is 0 Å². The number of Topliss-reactive ketones (excluding diaryl/α,β-unsaturated/α-hetero) is 1. The molecule has 2 heterocycles. The minimum atomic E-state index is -0.482. The molecule has 2 aromatic rings. The summed E-state index contributed by atoms with van der Waals surface area (Å²) in [6.07, 6.45) is 1.68. The highest BCUT2D eigenvalue weighted by atomic mass is 35.5. The summed E-state index contributed by atoms with van der Waals surface area (Å²) in [4.78, 5) is 26.3. The van der Waals surface area contributed by atoms with Crippen molar-refractivity contribution >= 4 is 34.2 Å². The third-order valence-electron chi connectivity index (χ3n) is 3.69. The molecule has 0 atom stereocenters. The van der Waals surface area contributed by atoms with Crippen molar-refractivity contribution in [3.05, 3.63) is 35.0 Å². The summed E-state index contributed by atoms with van der Waals surface area (Å²) in [7, 11) is 1.83. The molecule has 0 bridgehead atoms. The van der Waals surface area contributed by atoms with E-state index in [9.17, 15) is 9.59 Å². The number of ketones is 1. The summed E-state index contributed by atoms with van der Waals surface area (Å²) in [5, 5.41) is 1.34. The smallest absolute Gasteiger partial charge is 0.295 e. The lowest BCUT2D eigenvalue weighted by Gasteiger charge is -2.25. The van der Waals surface area contributed by atoms with Gasteiger partial charge in [0.2, 0.25) is 0 Å². The maximum absolute atomic E-state index is 12.5. The van der Waals surface area contributed by atoms with Gasteiger partial charge in [-0.1, -0.05) is 17.7 Å². The van der Waals surface area contributed by atoms with E-state index in [1.54, 1.807) is 33.9 Å². The number of halogens is 1. The molecule has 110 valence electrons. The fourth-order valence-corrected chi connectivity index (χ4v) is 2.73. The largest absolute Gasteiger partial charge is 0.378 e. The second-order valence-electron chi connectivity index (χ2n) is 5.05. The SMILES string of the molecule is Cn1cc(C(=O)C(=O)N2CCOCC2)c2ccc(Cl)cc21. The van der Waals surface area contributed by atoms with Gasteiger partial charge < -0.3 is 14.2 Å². The Bertz CT molecular complexity index is 717. The van der Waals surface area contributed by atoms with Crippen molar-refractivity contribution in [1.82, 2.24) is 9.47 Å². The van der Waals surface area contributed by atoms with Gasteiger partial charge in [0.15, 0.2) is 0 Å². The van der Waals surface area contributed by atoms with Crippen LogP contribution in [-0.2, 0) is 16.6 Å². The molecular formula is C15H15ClN2O3. The van der Waals surface area contributed by atoms with Crippen LogP contribution in [0.4, 0.5) is 0 Å². The summed E-state index contributed by atoms with van der Waals surface area (Å²) in [6.45, 7) is 1.87. The minimum absolute atomic E-state index is 0.417. The first-order valence-corrected chi connectivity index (χ1v) is 7.11. The van der Waals surface area contributed by atoms with E-state index in [2.05, 4.69) is 0 Å². The Morgan fingerprint density at radius 2 is 1.95 bits per heavy atom. The number of aryl methyl sites for hydroxylation is 1. The lowest BCUT2D eigenvalue weighted by atomic mass is 10.1. The molecule has 0 aliphatic carbocycles. The maximum atomic E-state index is 12.5. The van der Waals surface area contributed by atoms with Crippen LogP contribution in [0.25, 0.3) is 10.9 Å². The normalized spacial score (nSPS) is 15.4. The third-order valence-corrected chi connectivity index (χ3v) is 3.92. The van der Waals surface area contributed by atoms with Crippen molar-refractivity contribution in [2.75, 3.05) is 26.3 Å². The van der Waals surface area contributed by atoms with E-state index < -0.39 is 11.7 Å². The standard InChI is InChI=1S/C15H15ClN2O3/c1-17-9-12(11-3-2-10(16)8-13(11)17)14(19)15(20)18-4-6-21-7-5-18/h2-3,8-9H,4-7H2,1H3. The number of nitrogens with zero attached hydrogens (tertiary/aromatic N) is 2. The van der Waals surface area contributed by atoms with E-state index in [1.165, 1.54) is 0 Å². The predicted octanol–water partition coefficient (Wildman–Crippen LogP) is 1.87. The van der Waals surface area contributed by atoms with Crippen LogP contribution in [0.3, 0.4) is 0 Å². The van der Waals surface area contributed by atoms with Gasteiger partial charge in [0.25, 0.3) is 11.7 Å². The minimum Gasteiger partial charge on any atom is -0.378 e. The topological polar surface area (TPSA) is 51.5 Å². The number of morpholine rings is 1. The van der Waals surface area contributed by atoms with Crippen LogP contribution in [0, 0.1) is 0 Å². The van der Waals surface area contributed by atoms with Gasteiger partial charge >= 0.3 is 0 Å². The molecule has 1 saturated heterocycles. The fraction of sp³-hybridized carbons (Fsp3) is 0.333. The number of fused-ring (bicyclic) bond motifs is 1. The summed E-state index contributed by atoms with van der Waals surface area (Å²) < 4.78 is 7.01. The van der Waals surface area contributed by atoms with Crippen LogP contribution < -0.4 is 0 Å². The van der Waals surface area contributed by atoms with E-state index in [-0.39, 0.29) is 0 Å². The molecule has 1 aliphatic heterocycles. The number of rotatable bonds is 2. The predicted molar refractivity (Wildman–Crippen MR) is 79.7 cm³/mol. The van der Waals surface area contributed by atoms with Crippen LogP contribution in [0.15, 0.2) is 24.4 Å². The molecular weight excluding hydrogens is 292 g/mol. The zero-order valence-corrected chi connectivity index (χ0v) is 12.4. The highest BCUT2D eigenvalue weighted by Crippen LogP contribution is 2.25. The first-order valence-electron chi connectivity index (χ1n) is 6.74. The van der Waals surface area contributed by atoms with Crippen LogP contribution in [0.1, 0.15) is 10.4 Å². The zero-order valence-electron chi connectivity index (χ0n) is 11.6. The molecule has 21 heavy (non-hydrogen) atoms. The highest BCUT2D eigenvalue weighted by Gasteiger charge is 2.27. The van der Waals surface area contributed by atoms with Gasteiger partial charge in [-0.05, 0) is 12.1 Å². The van der Waals surface area contributed by atoms with Crippen molar-refractivity contribution < 1.29 is 14.3 Å². The molecule has 1 aliphatic rings. The molecule has 1 aromatic heterocycles. The van der Waals surface area contributed by atoms with Crippen molar-refractivity contribution in [2.45, 2.75) is 0 Å². The summed E-state index contributed by atoms with van der Waals surface area (Å²) in [5.41, 5.74) is 1.25. The van der Waals surface area contributed by atoms with Crippen LogP contribution >= 0.6 is 11.6 Å².